The normalized spacial score (nSPS) is 20.0. The Morgan fingerprint density at radius 2 is 1.81 bits per heavy atom. The number of hydrogen-bond acceptors (Lipinski definition) is 7. The van der Waals surface area contributed by atoms with Crippen molar-refractivity contribution >= 4 is 28.1 Å². The summed E-state index contributed by atoms with van der Waals surface area (Å²) in [6, 6.07) is 5.18. The average molecular weight is 538 g/mol. The van der Waals surface area contributed by atoms with E-state index in [9.17, 15) is 22.8 Å². The van der Waals surface area contributed by atoms with Crippen LogP contribution in [0.5, 0.6) is 11.5 Å². The summed E-state index contributed by atoms with van der Waals surface area (Å²) in [5.41, 5.74) is 0. The van der Waals surface area contributed by atoms with E-state index in [0.717, 1.165) is 32.1 Å². The number of benzene rings is 1. The molecule has 0 bridgehead atoms. The summed E-state index contributed by atoms with van der Waals surface area (Å²) in [6.07, 6.45) is 7.19. The first-order valence-electron chi connectivity index (χ1n) is 13.1. The topological polar surface area (TPSA) is 140 Å². The standard InChI is InChI=1S/C26H39N3O7S/c1-35-22-8-10-23(11-9-22)36-14-5-15-37(33,34)29-24(16-19-6-3-2-4-7-19)26(32)28-21(18-30)17-20-12-13-27-25(20)31/h8-11,18-21,24,29H,2-7,12-17H2,1H3,(H,27,31)(H,28,32)/t20-,21-,24-/m0/s1. The summed E-state index contributed by atoms with van der Waals surface area (Å²) in [7, 11) is -2.21. The van der Waals surface area contributed by atoms with Gasteiger partial charge in [0, 0.05) is 12.5 Å². The molecular formula is C26H39N3O7S. The summed E-state index contributed by atoms with van der Waals surface area (Å²) < 4.78 is 39.0. The Hall–Kier alpha value is -2.66. The second-order valence-corrected chi connectivity index (χ2v) is 11.7. The van der Waals surface area contributed by atoms with E-state index in [1.54, 1.807) is 31.4 Å². The Morgan fingerprint density at radius 1 is 1.11 bits per heavy atom. The smallest absolute Gasteiger partial charge is 0.238 e. The van der Waals surface area contributed by atoms with Crippen LogP contribution in [-0.2, 0) is 24.4 Å². The van der Waals surface area contributed by atoms with Crippen LogP contribution in [0.25, 0.3) is 0 Å². The summed E-state index contributed by atoms with van der Waals surface area (Å²) >= 11 is 0. The molecule has 0 unspecified atom stereocenters. The highest BCUT2D eigenvalue weighted by atomic mass is 32.2. The molecule has 0 radical (unpaired) electrons. The zero-order valence-corrected chi connectivity index (χ0v) is 22.3. The molecule has 10 nitrogen and oxygen atoms in total. The Bertz CT molecular complexity index is 994. The first-order valence-corrected chi connectivity index (χ1v) is 14.7. The van der Waals surface area contributed by atoms with Gasteiger partial charge in [-0.1, -0.05) is 32.1 Å². The molecule has 1 aliphatic heterocycles. The van der Waals surface area contributed by atoms with Gasteiger partial charge in [-0.15, -0.1) is 0 Å². The van der Waals surface area contributed by atoms with E-state index < -0.39 is 28.0 Å². The fourth-order valence-electron chi connectivity index (χ4n) is 4.96. The summed E-state index contributed by atoms with van der Waals surface area (Å²) in [5, 5.41) is 5.40. The number of carbonyl (C=O) groups excluding carboxylic acids is 3. The Balaban J connectivity index is 1.55. The average Bonchev–Trinajstić information content (AvgIpc) is 3.30. The van der Waals surface area contributed by atoms with Gasteiger partial charge >= 0.3 is 0 Å². The zero-order chi connectivity index (χ0) is 26.7. The number of nitrogens with one attached hydrogen (secondary N) is 3. The highest BCUT2D eigenvalue weighted by molar-refractivity contribution is 7.89. The van der Waals surface area contributed by atoms with Gasteiger partial charge in [-0.05, 0) is 55.9 Å². The van der Waals surface area contributed by atoms with Gasteiger partial charge in [-0.2, -0.15) is 0 Å². The summed E-state index contributed by atoms with van der Waals surface area (Å²) in [6.45, 7) is 0.749. The van der Waals surface area contributed by atoms with E-state index in [0.29, 0.717) is 37.2 Å². The van der Waals surface area contributed by atoms with Crippen LogP contribution in [0.2, 0.25) is 0 Å². The number of rotatable bonds is 15. The van der Waals surface area contributed by atoms with Gasteiger partial charge in [0.15, 0.2) is 0 Å². The van der Waals surface area contributed by atoms with E-state index in [4.69, 9.17) is 9.47 Å². The minimum Gasteiger partial charge on any atom is -0.497 e. The van der Waals surface area contributed by atoms with Crippen LogP contribution in [-0.4, -0.2) is 64.6 Å². The van der Waals surface area contributed by atoms with E-state index in [2.05, 4.69) is 15.4 Å². The number of methoxy groups -OCH3 is 1. The molecule has 37 heavy (non-hydrogen) atoms. The molecule has 0 spiro atoms. The quantitative estimate of drug-likeness (QED) is 0.229. The van der Waals surface area contributed by atoms with Crippen molar-refractivity contribution in [2.24, 2.45) is 11.8 Å². The van der Waals surface area contributed by atoms with Gasteiger partial charge in [-0.25, -0.2) is 13.1 Å². The lowest BCUT2D eigenvalue weighted by atomic mass is 9.85. The fourth-order valence-corrected chi connectivity index (χ4v) is 6.21. The van der Waals surface area contributed by atoms with Crippen molar-refractivity contribution in [3.05, 3.63) is 24.3 Å². The molecule has 1 aromatic rings. The molecular weight excluding hydrogens is 498 g/mol. The number of hydrogen-bond donors (Lipinski definition) is 3. The van der Waals surface area contributed by atoms with Gasteiger partial charge in [0.2, 0.25) is 21.8 Å². The van der Waals surface area contributed by atoms with Crippen molar-refractivity contribution in [1.82, 2.24) is 15.4 Å². The largest absolute Gasteiger partial charge is 0.497 e. The third-order valence-corrected chi connectivity index (χ3v) is 8.48. The molecule has 2 amide bonds. The van der Waals surface area contributed by atoms with Crippen molar-refractivity contribution < 1.29 is 32.3 Å². The van der Waals surface area contributed by atoms with Crippen molar-refractivity contribution in [3.8, 4) is 11.5 Å². The Labute approximate surface area is 219 Å². The van der Waals surface area contributed by atoms with Gasteiger partial charge in [0.25, 0.3) is 0 Å². The summed E-state index contributed by atoms with van der Waals surface area (Å²) in [5.74, 6) is 0.352. The number of amides is 2. The number of carbonyl (C=O) groups is 3. The number of aldehydes is 1. The van der Waals surface area contributed by atoms with Crippen LogP contribution in [0.3, 0.4) is 0 Å². The predicted molar refractivity (Wildman–Crippen MR) is 139 cm³/mol. The van der Waals surface area contributed by atoms with Crippen LogP contribution >= 0.6 is 0 Å². The first-order chi connectivity index (χ1) is 17.8. The molecule has 3 rings (SSSR count). The predicted octanol–water partition coefficient (Wildman–Crippen LogP) is 1.93. The molecule has 1 heterocycles. The lowest BCUT2D eigenvalue weighted by Crippen LogP contribution is -2.51. The maximum absolute atomic E-state index is 13.2. The third-order valence-electron chi connectivity index (χ3n) is 7.01. The van der Waals surface area contributed by atoms with Gasteiger partial charge in [-0.3, -0.25) is 9.59 Å². The molecule has 206 valence electrons. The van der Waals surface area contributed by atoms with Crippen LogP contribution in [0, 0.1) is 11.8 Å². The molecule has 3 N–H and O–H groups in total. The van der Waals surface area contributed by atoms with E-state index in [-0.39, 0.29) is 42.9 Å². The van der Waals surface area contributed by atoms with E-state index in [1.807, 2.05) is 0 Å². The molecule has 1 aliphatic carbocycles. The zero-order valence-electron chi connectivity index (χ0n) is 21.4. The van der Waals surface area contributed by atoms with Crippen molar-refractivity contribution in [2.45, 2.75) is 69.9 Å². The maximum atomic E-state index is 13.2. The highest BCUT2D eigenvalue weighted by Crippen LogP contribution is 2.28. The van der Waals surface area contributed by atoms with Gasteiger partial charge in [0.1, 0.15) is 23.8 Å². The Kier molecular flexibility index (Phi) is 11.2. The minimum atomic E-state index is -3.78. The molecule has 3 atom stereocenters. The van der Waals surface area contributed by atoms with E-state index >= 15 is 0 Å². The monoisotopic (exact) mass is 537 g/mol. The lowest BCUT2D eigenvalue weighted by Gasteiger charge is -2.27. The van der Waals surface area contributed by atoms with Crippen LogP contribution in [0.4, 0.5) is 0 Å². The third kappa shape index (κ3) is 9.62. The number of sulfonamides is 1. The van der Waals surface area contributed by atoms with Gasteiger partial charge < -0.3 is 24.9 Å². The van der Waals surface area contributed by atoms with Crippen LogP contribution in [0.1, 0.15) is 57.8 Å². The molecule has 1 saturated carbocycles. The molecule has 2 aliphatic rings. The van der Waals surface area contributed by atoms with Crippen molar-refractivity contribution in [3.63, 3.8) is 0 Å². The lowest BCUT2D eigenvalue weighted by molar-refractivity contribution is -0.127. The minimum absolute atomic E-state index is 0.127. The van der Waals surface area contributed by atoms with Crippen molar-refractivity contribution in [1.29, 1.82) is 0 Å². The summed E-state index contributed by atoms with van der Waals surface area (Å²) in [4.78, 5) is 36.7. The maximum Gasteiger partial charge on any atom is 0.238 e. The van der Waals surface area contributed by atoms with Crippen molar-refractivity contribution in [2.75, 3.05) is 26.0 Å². The van der Waals surface area contributed by atoms with E-state index in [1.165, 1.54) is 0 Å². The second kappa shape index (κ2) is 14.3. The molecule has 0 aromatic heterocycles. The van der Waals surface area contributed by atoms with Crippen LogP contribution < -0.4 is 24.8 Å². The molecule has 2 fully saturated rings. The molecule has 1 aromatic carbocycles. The molecule has 1 saturated heterocycles. The SMILES string of the molecule is COc1ccc(OCCCS(=O)(=O)N[C@@H](CC2CCCCC2)C(=O)N[C@H](C=O)C[C@@H]2CCNC2=O)cc1. The number of ether oxygens (including phenoxy) is 2. The first kappa shape index (κ1) is 28.9. The Morgan fingerprint density at radius 3 is 2.43 bits per heavy atom. The highest BCUT2D eigenvalue weighted by Gasteiger charge is 2.32. The molecule has 11 heteroatoms. The fraction of sp³-hybridized carbons (Fsp3) is 0.654. The second-order valence-electron chi connectivity index (χ2n) is 9.87. The van der Waals surface area contributed by atoms with Gasteiger partial charge in [0.05, 0.1) is 25.5 Å². The van der Waals surface area contributed by atoms with Crippen LogP contribution in [0.15, 0.2) is 24.3 Å².